The van der Waals surface area contributed by atoms with E-state index in [1.165, 1.54) is 17.3 Å². The first kappa shape index (κ1) is 17.5. The molecule has 6 heteroatoms. The highest BCUT2D eigenvalue weighted by atomic mass is 32.2. The van der Waals surface area contributed by atoms with Crippen LogP contribution < -0.4 is 10.5 Å². The molecule has 0 saturated carbocycles. The second-order valence-corrected chi connectivity index (χ2v) is 7.08. The number of benzene rings is 1. The van der Waals surface area contributed by atoms with Crippen LogP contribution in [0.4, 0.5) is 0 Å². The zero-order chi connectivity index (χ0) is 17.6. The lowest BCUT2D eigenvalue weighted by atomic mass is 10.1. The molecular formula is C19H21N3O2S. The predicted octanol–water partition coefficient (Wildman–Crippen LogP) is 2.76. The summed E-state index contributed by atoms with van der Waals surface area (Å²) in [5.41, 5.74) is 8.92. The summed E-state index contributed by atoms with van der Waals surface area (Å²) in [6.07, 6.45) is 4.32. The Bertz CT molecular complexity index is 757. The van der Waals surface area contributed by atoms with Crippen LogP contribution in [0.15, 0.2) is 47.6 Å². The molecule has 0 bridgehead atoms. The fourth-order valence-corrected chi connectivity index (χ4v) is 3.42. The Balaban J connectivity index is 1.46. The van der Waals surface area contributed by atoms with Crippen LogP contribution in [0.1, 0.15) is 23.7 Å². The number of hydrogen-bond donors (Lipinski definition) is 1. The van der Waals surface area contributed by atoms with Gasteiger partial charge in [-0.25, -0.2) is 0 Å². The maximum absolute atomic E-state index is 11.7. The standard InChI is InChI=1S/C19H21N3O2S/c1-2-13-3-6-15(21-12-13)9-10-24-16-7-4-14(5-8-16)11-17-18(23)22-19(20)25-17/h3-8,12,17H,2,9-11H2,1H3,(H2,20,22,23)/t17-/m0/s1. The summed E-state index contributed by atoms with van der Waals surface area (Å²) in [5.74, 6) is 0.666. The third-order valence-electron chi connectivity index (χ3n) is 4.02. The first-order valence-corrected chi connectivity index (χ1v) is 9.22. The zero-order valence-electron chi connectivity index (χ0n) is 14.1. The van der Waals surface area contributed by atoms with E-state index in [1.807, 2.05) is 30.5 Å². The first-order valence-electron chi connectivity index (χ1n) is 8.34. The number of hydrogen-bond acceptors (Lipinski definition) is 5. The Kier molecular flexibility index (Phi) is 5.71. The lowest BCUT2D eigenvalue weighted by molar-refractivity contribution is -0.117. The molecule has 0 unspecified atom stereocenters. The van der Waals surface area contributed by atoms with Crippen molar-refractivity contribution in [3.63, 3.8) is 0 Å². The Morgan fingerprint density at radius 3 is 2.52 bits per heavy atom. The third kappa shape index (κ3) is 4.82. The van der Waals surface area contributed by atoms with Gasteiger partial charge in [-0.15, -0.1) is 0 Å². The van der Waals surface area contributed by atoms with Crippen LogP contribution in [-0.2, 0) is 24.1 Å². The Morgan fingerprint density at radius 2 is 1.92 bits per heavy atom. The van der Waals surface area contributed by atoms with Gasteiger partial charge < -0.3 is 10.5 Å². The van der Waals surface area contributed by atoms with E-state index in [9.17, 15) is 4.79 Å². The minimum absolute atomic E-state index is 0.149. The number of ether oxygens (including phenoxy) is 1. The highest BCUT2D eigenvalue weighted by Crippen LogP contribution is 2.24. The smallest absolute Gasteiger partial charge is 0.261 e. The van der Waals surface area contributed by atoms with Gasteiger partial charge in [0.1, 0.15) is 5.75 Å². The van der Waals surface area contributed by atoms with Gasteiger partial charge in [0.2, 0.25) is 0 Å². The molecule has 2 heterocycles. The van der Waals surface area contributed by atoms with Gasteiger partial charge in [0.05, 0.1) is 11.9 Å². The molecule has 1 atom stereocenters. The molecule has 0 aliphatic carbocycles. The first-order chi connectivity index (χ1) is 12.1. The molecule has 1 aliphatic heterocycles. The normalized spacial score (nSPS) is 16.8. The van der Waals surface area contributed by atoms with Crippen molar-refractivity contribution >= 4 is 22.8 Å². The topological polar surface area (TPSA) is 77.6 Å². The minimum Gasteiger partial charge on any atom is -0.493 e. The molecule has 0 saturated heterocycles. The number of amides is 1. The van der Waals surface area contributed by atoms with E-state index >= 15 is 0 Å². The van der Waals surface area contributed by atoms with E-state index < -0.39 is 0 Å². The van der Waals surface area contributed by atoms with Crippen LogP contribution >= 0.6 is 11.8 Å². The van der Waals surface area contributed by atoms with E-state index in [4.69, 9.17) is 10.5 Å². The predicted molar refractivity (Wildman–Crippen MR) is 101 cm³/mol. The highest BCUT2D eigenvalue weighted by Gasteiger charge is 2.26. The Morgan fingerprint density at radius 1 is 1.16 bits per heavy atom. The van der Waals surface area contributed by atoms with Gasteiger partial charge in [-0.3, -0.25) is 9.78 Å². The van der Waals surface area contributed by atoms with E-state index in [0.717, 1.165) is 29.8 Å². The van der Waals surface area contributed by atoms with Gasteiger partial charge in [0.15, 0.2) is 5.17 Å². The Hall–Kier alpha value is -2.34. The highest BCUT2D eigenvalue weighted by molar-refractivity contribution is 8.15. The molecule has 2 aromatic rings. The molecule has 3 rings (SSSR count). The number of nitrogens with two attached hydrogens (primary N) is 1. The van der Waals surface area contributed by atoms with E-state index in [1.54, 1.807) is 0 Å². The summed E-state index contributed by atoms with van der Waals surface area (Å²) >= 11 is 1.33. The van der Waals surface area contributed by atoms with E-state index in [0.29, 0.717) is 18.2 Å². The average molecular weight is 355 g/mol. The van der Waals surface area contributed by atoms with Crippen LogP contribution in [-0.4, -0.2) is 27.9 Å². The van der Waals surface area contributed by atoms with Gasteiger partial charge in [0.25, 0.3) is 5.91 Å². The van der Waals surface area contributed by atoms with Crippen LogP contribution in [0.5, 0.6) is 5.75 Å². The number of nitrogens with zero attached hydrogens (tertiary/aromatic N) is 2. The van der Waals surface area contributed by atoms with Crippen molar-refractivity contribution in [2.75, 3.05) is 6.61 Å². The second-order valence-electron chi connectivity index (χ2n) is 5.85. The molecule has 0 radical (unpaired) electrons. The molecule has 1 amide bonds. The van der Waals surface area contributed by atoms with Crippen molar-refractivity contribution in [2.24, 2.45) is 10.7 Å². The molecular weight excluding hydrogens is 334 g/mol. The molecule has 0 fully saturated rings. The molecule has 0 spiro atoms. The van der Waals surface area contributed by atoms with E-state index in [2.05, 4.69) is 29.0 Å². The zero-order valence-corrected chi connectivity index (χ0v) is 15.0. The molecule has 1 aliphatic rings. The summed E-state index contributed by atoms with van der Waals surface area (Å²) in [6, 6.07) is 12.0. The quantitative estimate of drug-likeness (QED) is 0.826. The van der Waals surface area contributed by atoms with Crippen LogP contribution in [0.3, 0.4) is 0 Å². The maximum Gasteiger partial charge on any atom is 0.261 e. The molecule has 25 heavy (non-hydrogen) atoms. The summed E-state index contributed by atoms with van der Waals surface area (Å²) in [6.45, 7) is 2.70. The molecule has 130 valence electrons. The SMILES string of the molecule is CCc1ccc(CCOc2ccc(C[C@@H]3SC(N)=NC3=O)cc2)nc1. The number of aryl methyl sites for hydroxylation is 1. The van der Waals surface area contributed by atoms with Gasteiger partial charge >= 0.3 is 0 Å². The van der Waals surface area contributed by atoms with Crippen molar-refractivity contribution < 1.29 is 9.53 Å². The Labute approximate surface area is 151 Å². The number of aromatic nitrogens is 1. The summed E-state index contributed by atoms with van der Waals surface area (Å²) < 4.78 is 5.77. The van der Waals surface area contributed by atoms with Crippen molar-refractivity contribution in [3.05, 3.63) is 59.4 Å². The summed E-state index contributed by atoms with van der Waals surface area (Å²) in [7, 11) is 0. The van der Waals surface area contributed by atoms with Crippen molar-refractivity contribution in [3.8, 4) is 5.75 Å². The van der Waals surface area contributed by atoms with E-state index in [-0.39, 0.29) is 11.2 Å². The number of pyridine rings is 1. The monoisotopic (exact) mass is 355 g/mol. The average Bonchev–Trinajstić information content (AvgIpc) is 2.94. The van der Waals surface area contributed by atoms with Gasteiger partial charge in [-0.2, -0.15) is 4.99 Å². The fraction of sp³-hybridized carbons (Fsp3) is 0.316. The number of rotatable bonds is 7. The fourth-order valence-electron chi connectivity index (χ4n) is 2.55. The summed E-state index contributed by atoms with van der Waals surface area (Å²) in [5, 5.41) is 0.152. The van der Waals surface area contributed by atoms with Crippen molar-refractivity contribution in [1.29, 1.82) is 0 Å². The lowest BCUT2D eigenvalue weighted by Gasteiger charge is -2.09. The third-order valence-corrected chi connectivity index (χ3v) is 5.01. The minimum atomic E-state index is -0.205. The molecule has 2 N–H and O–H groups in total. The maximum atomic E-state index is 11.7. The largest absolute Gasteiger partial charge is 0.493 e. The van der Waals surface area contributed by atoms with Gasteiger partial charge in [-0.05, 0) is 42.2 Å². The lowest BCUT2D eigenvalue weighted by Crippen LogP contribution is -2.14. The second kappa shape index (κ2) is 8.16. The van der Waals surface area contributed by atoms with Crippen LogP contribution in [0, 0.1) is 0 Å². The number of thioether (sulfide) groups is 1. The number of carbonyl (C=O) groups excluding carboxylic acids is 1. The van der Waals surface area contributed by atoms with Gasteiger partial charge in [0, 0.05) is 18.3 Å². The van der Waals surface area contributed by atoms with Crippen molar-refractivity contribution in [2.45, 2.75) is 31.4 Å². The van der Waals surface area contributed by atoms with Gasteiger partial charge in [-0.1, -0.05) is 36.9 Å². The number of amidine groups is 1. The molecule has 5 nitrogen and oxygen atoms in total. The molecule has 1 aromatic heterocycles. The number of aliphatic imine (C=N–C) groups is 1. The van der Waals surface area contributed by atoms with Crippen LogP contribution in [0.2, 0.25) is 0 Å². The summed E-state index contributed by atoms with van der Waals surface area (Å²) in [4.78, 5) is 19.8. The number of carbonyl (C=O) groups is 1. The van der Waals surface area contributed by atoms with Crippen LogP contribution in [0.25, 0.3) is 0 Å². The van der Waals surface area contributed by atoms with Crippen molar-refractivity contribution in [1.82, 2.24) is 4.98 Å². The molecule has 1 aromatic carbocycles.